The fraction of sp³-hybridized carbons (Fsp3) is 0.500. The number of halogens is 5. The minimum Gasteiger partial charge on any atom is -0.377 e. The number of aromatic nitrogens is 2. The molecule has 2 unspecified atom stereocenters. The number of alkyl halides is 3. The Kier molecular flexibility index (Phi) is 6.57. The van der Waals surface area contributed by atoms with Crippen LogP contribution in [0.25, 0.3) is 5.57 Å². The number of amides is 1. The highest BCUT2D eigenvalue weighted by molar-refractivity contribution is 6.30. The lowest BCUT2D eigenvalue weighted by molar-refractivity contribution is -0.139. The van der Waals surface area contributed by atoms with Crippen molar-refractivity contribution in [2.45, 2.75) is 38.1 Å². The van der Waals surface area contributed by atoms with E-state index in [1.807, 2.05) is 5.32 Å². The molecule has 13 heteroatoms. The molecule has 3 atom stereocenters. The van der Waals surface area contributed by atoms with Gasteiger partial charge in [-0.2, -0.15) is 13.2 Å². The molecule has 3 aliphatic rings. The predicted molar refractivity (Wildman–Crippen MR) is 113 cm³/mol. The number of rotatable bonds is 6. The number of allylic oxidation sites excluding steroid dienone is 1. The third-order valence-corrected chi connectivity index (χ3v) is 5.76. The summed E-state index contributed by atoms with van der Waals surface area (Å²) < 4.78 is 58.2. The van der Waals surface area contributed by atoms with Crippen LogP contribution in [0.2, 0.25) is 0 Å². The van der Waals surface area contributed by atoms with Crippen LogP contribution in [0.3, 0.4) is 0 Å². The Labute approximate surface area is 191 Å². The van der Waals surface area contributed by atoms with Crippen LogP contribution in [0.1, 0.15) is 25.6 Å². The van der Waals surface area contributed by atoms with Gasteiger partial charge in [0.1, 0.15) is 18.4 Å². The Morgan fingerprint density at radius 1 is 1.42 bits per heavy atom. The first-order chi connectivity index (χ1) is 15.7. The lowest BCUT2D eigenvalue weighted by atomic mass is 9.95. The van der Waals surface area contributed by atoms with E-state index < -0.39 is 36.6 Å². The maximum atomic E-state index is 14.8. The molecule has 178 valence electrons. The van der Waals surface area contributed by atoms with E-state index in [-0.39, 0.29) is 30.5 Å². The molecule has 0 bridgehead atoms. The van der Waals surface area contributed by atoms with Gasteiger partial charge in [0.15, 0.2) is 17.5 Å². The molecule has 4 heterocycles. The van der Waals surface area contributed by atoms with Crippen LogP contribution in [-0.2, 0) is 9.53 Å². The summed E-state index contributed by atoms with van der Waals surface area (Å²) in [5.74, 6) is -1.24. The zero-order chi connectivity index (χ0) is 23.8. The van der Waals surface area contributed by atoms with Gasteiger partial charge >= 0.3 is 6.18 Å². The average Bonchev–Trinajstić information content (AvgIpc) is 3.36. The molecule has 0 radical (unpaired) electrons. The van der Waals surface area contributed by atoms with E-state index >= 15 is 0 Å². The van der Waals surface area contributed by atoms with Crippen molar-refractivity contribution in [3.05, 3.63) is 35.3 Å². The van der Waals surface area contributed by atoms with Gasteiger partial charge in [-0.1, -0.05) is 11.6 Å². The van der Waals surface area contributed by atoms with E-state index in [0.29, 0.717) is 29.5 Å². The molecule has 2 N–H and O–H groups in total. The molecule has 0 aliphatic carbocycles. The summed E-state index contributed by atoms with van der Waals surface area (Å²) in [6, 6.07) is -1.08. The highest BCUT2D eigenvalue weighted by Gasteiger charge is 2.41. The van der Waals surface area contributed by atoms with E-state index in [0.717, 1.165) is 6.20 Å². The number of carbonyl (C=O) groups is 1. The van der Waals surface area contributed by atoms with Crippen LogP contribution in [0.5, 0.6) is 0 Å². The van der Waals surface area contributed by atoms with Crippen molar-refractivity contribution < 1.29 is 27.1 Å². The number of hydrogen-bond donors (Lipinski definition) is 2. The second-order valence-electron chi connectivity index (χ2n) is 7.77. The third-order valence-electron chi connectivity index (χ3n) is 5.51. The third kappa shape index (κ3) is 5.11. The topological polar surface area (TPSA) is 91.7 Å². The minimum atomic E-state index is -4.57. The number of aliphatic imine (C=N–C) groups is 1. The Morgan fingerprint density at radius 2 is 2.21 bits per heavy atom. The van der Waals surface area contributed by atoms with Gasteiger partial charge in [-0.05, 0) is 13.3 Å². The zero-order valence-electron chi connectivity index (χ0n) is 17.5. The van der Waals surface area contributed by atoms with E-state index in [9.17, 15) is 22.4 Å². The first-order valence-electron chi connectivity index (χ1n) is 10.3. The number of anilines is 1. The lowest BCUT2D eigenvalue weighted by Crippen LogP contribution is -2.46. The van der Waals surface area contributed by atoms with Crippen molar-refractivity contribution in [2.75, 3.05) is 24.6 Å². The van der Waals surface area contributed by atoms with Gasteiger partial charge in [-0.3, -0.25) is 4.79 Å². The quantitative estimate of drug-likeness (QED) is 0.598. The van der Waals surface area contributed by atoms with Gasteiger partial charge in [-0.25, -0.2) is 19.4 Å². The fourth-order valence-electron chi connectivity index (χ4n) is 4.08. The molecule has 0 aromatic carbocycles. The smallest absolute Gasteiger partial charge is 0.377 e. The minimum absolute atomic E-state index is 0.0906. The lowest BCUT2D eigenvalue weighted by Gasteiger charge is -2.26. The van der Waals surface area contributed by atoms with Gasteiger partial charge in [0.05, 0.1) is 18.2 Å². The molecule has 0 saturated carbocycles. The maximum Gasteiger partial charge on any atom is 0.405 e. The molecule has 33 heavy (non-hydrogen) atoms. The van der Waals surface area contributed by atoms with Crippen molar-refractivity contribution in [3.63, 3.8) is 0 Å². The van der Waals surface area contributed by atoms with Crippen LogP contribution in [0.15, 0.2) is 28.6 Å². The van der Waals surface area contributed by atoms with Gasteiger partial charge in [-0.15, -0.1) is 0 Å². The Balaban J connectivity index is 1.61. The second kappa shape index (κ2) is 9.26. The van der Waals surface area contributed by atoms with E-state index in [4.69, 9.17) is 16.3 Å². The van der Waals surface area contributed by atoms with Gasteiger partial charge in [0, 0.05) is 42.6 Å². The molecule has 3 aliphatic heterocycles. The van der Waals surface area contributed by atoms with Crippen LogP contribution < -0.4 is 15.5 Å². The zero-order valence-corrected chi connectivity index (χ0v) is 18.3. The Bertz CT molecular complexity index is 1030. The molecule has 1 aromatic rings. The molecule has 4 rings (SSSR count). The van der Waals surface area contributed by atoms with Crippen LogP contribution in [0, 0.1) is 11.7 Å². The Morgan fingerprint density at radius 3 is 2.94 bits per heavy atom. The summed E-state index contributed by atoms with van der Waals surface area (Å²) in [6.07, 6.45) is -0.299. The van der Waals surface area contributed by atoms with Crippen molar-refractivity contribution in [1.82, 2.24) is 20.6 Å². The van der Waals surface area contributed by atoms with Crippen molar-refractivity contribution in [3.8, 4) is 0 Å². The number of hydrogen-bond acceptors (Lipinski definition) is 7. The molecule has 8 nitrogen and oxygen atoms in total. The highest BCUT2D eigenvalue weighted by atomic mass is 35.5. The summed E-state index contributed by atoms with van der Waals surface area (Å²) in [6.45, 7) is 0.702. The predicted octanol–water partition coefficient (Wildman–Crippen LogP) is 2.72. The SMILES string of the molecule is CCOC1C[C@H](C(=O)NCC(F)(F)F)N(c2nc(C3=CNC4=NC=C(Cl)CC34)ncc2F)C1. The van der Waals surface area contributed by atoms with Crippen LogP contribution >= 0.6 is 11.6 Å². The summed E-state index contributed by atoms with van der Waals surface area (Å²) in [5.41, 5.74) is 0.639. The van der Waals surface area contributed by atoms with Gasteiger partial charge in [0.25, 0.3) is 0 Å². The fourth-order valence-corrected chi connectivity index (χ4v) is 4.29. The molecule has 1 fully saturated rings. The van der Waals surface area contributed by atoms with E-state index in [1.54, 1.807) is 13.1 Å². The number of amidine groups is 1. The maximum absolute atomic E-state index is 14.8. The van der Waals surface area contributed by atoms with Crippen molar-refractivity contribution >= 4 is 34.7 Å². The van der Waals surface area contributed by atoms with E-state index in [2.05, 4.69) is 20.3 Å². The second-order valence-corrected chi connectivity index (χ2v) is 8.26. The number of nitrogens with one attached hydrogen (secondary N) is 2. The molecular formula is C20H21ClF4N6O2. The number of fused-ring (bicyclic) bond motifs is 1. The molecule has 1 amide bonds. The Hall–Kier alpha value is -2.73. The summed E-state index contributed by atoms with van der Waals surface area (Å²) >= 11 is 6.11. The normalized spacial score (nSPS) is 24.6. The molecular weight excluding hydrogens is 468 g/mol. The first kappa shape index (κ1) is 23.4. The highest BCUT2D eigenvalue weighted by Crippen LogP contribution is 2.36. The van der Waals surface area contributed by atoms with Crippen LogP contribution in [0.4, 0.5) is 23.4 Å². The summed E-state index contributed by atoms with van der Waals surface area (Å²) in [5, 5.41) is 5.44. The molecule has 1 saturated heterocycles. The molecule has 1 aromatic heterocycles. The van der Waals surface area contributed by atoms with Gasteiger partial charge < -0.3 is 20.3 Å². The largest absolute Gasteiger partial charge is 0.405 e. The summed E-state index contributed by atoms with van der Waals surface area (Å²) in [4.78, 5) is 26.6. The monoisotopic (exact) mass is 488 g/mol. The molecule has 0 spiro atoms. The van der Waals surface area contributed by atoms with Crippen molar-refractivity contribution in [1.29, 1.82) is 0 Å². The number of carbonyl (C=O) groups excluding carboxylic acids is 1. The summed E-state index contributed by atoms with van der Waals surface area (Å²) in [7, 11) is 0. The first-order valence-corrected chi connectivity index (χ1v) is 10.7. The van der Waals surface area contributed by atoms with Crippen LogP contribution in [-0.4, -0.2) is 59.7 Å². The standard InChI is InChI=1S/C20H21ClF4N6O2/c1-2-33-11-4-15(19(32)29-9-20(23,24)25)31(8-11)18-14(22)7-28-17(30-18)13-6-27-16-12(13)3-10(21)5-26-16/h5-7,11-12,15H,2-4,8-9H2,1H3,(H,26,27)(H,29,32)/t11?,12?,15-/m1/s1. The average molecular weight is 489 g/mol. The van der Waals surface area contributed by atoms with Crippen molar-refractivity contribution in [2.24, 2.45) is 10.9 Å². The van der Waals surface area contributed by atoms with E-state index in [1.165, 1.54) is 11.1 Å². The number of nitrogens with zero attached hydrogens (tertiary/aromatic N) is 4. The van der Waals surface area contributed by atoms with Gasteiger partial charge in [0.2, 0.25) is 5.91 Å². The number of ether oxygens (including phenoxy) is 1.